The molecule has 76 valence electrons. The predicted octanol–water partition coefficient (Wildman–Crippen LogP) is 4.15. The highest BCUT2D eigenvalue weighted by molar-refractivity contribution is 14.1. The lowest BCUT2D eigenvalue weighted by molar-refractivity contribution is 0.628. The van der Waals surface area contributed by atoms with Crippen LogP contribution in [0.25, 0.3) is 11.3 Å². The number of hydrogen-bond donors (Lipinski definition) is 0. The number of nitrogens with zero attached hydrogens (tertiary/aromatic N) is 1. The van der Waals surface area contributed by atoms with Gasteiger partial charge in [-0.2, -0.15) is 0 Å². The maximum absolute atomic E-state index is 12.7. The topological polar surface area (TPSA) is 12.9 Å². The Morgan fingerprint density at radius 3 is 2.47 bits per heavy atom. The summed E-state index contributed by atoms with van der Waals surface area (Å²) in [5, 5.41) is 0.602. The van der Waals surface area contributed by atoms with Gasteiger partial charge in [0.2, 0.25) is 0 Å². The van der Waals surface area contributed by atoms with Crippen molar-refractivity contribution in [1.29, 1.82) is 0 Å². The Morgan fingerprint density at radius 2 is 1.87 bits per heavy atom. The average Bonchev–Trinajstić information content (AvgIpc) is 2.20. The first-order valence-corrected chi connectivity index (χ1v) is 5.69. The van der Waals surface area contributed by atoms with Gasteiger partial charge in [0.05, 0.1) is 10.7 Å². The molecule has 0 N–H and O–H groups in total. The first-order chi connectivity index (χ1) is 7.16. The molecule has 2 rings (SSSR count). The van der Waals surface area contributed by atoms with Crippen LogP contribution in [0, 0.1) is 9.39 Å². The first-order valence-electron chi connectivity index (χ1n) is 4.24. The summed E-state index contributed by atoms with van der Waals surface area (Å²) in [6.45, 7) is 0. The molecular weight excluding hydrogens is 327 g/mol. The van der Waals surface area contributed by atoms with Crippen molar-refractivity contribution in [3.8, 4) is 11.3 Å². The normalized spacial score (nSPS) is 10.3. The Labute approximate surface area is 105 Å². The maximum atomic E-state index is 12.7. The van der Waals surface area contributed by atoms with Crippen molar-refractivity contribution in [2.45, 2.75) is 0 Å². The van der Waals surface area contributed by atoms with E-state index < -0.39 is 0 Å². The summed E-state index contributed by atoms with van der Waals surface area (Å²) in [5.74, 6) is -0.247. The summed E-state index contributed by atoms with van der Waals surface area (Å²) in [5.41, 5.74) is 1.71. The number of pyridine rings is 1. The SMILES string of the molecule is Fc1ccc(-c2ncc(Cl)cc2I)cc1. The lowest BCUT2D eigenvalue weighted by Crippen LogP contribution is -1.87. The van der Waals surface area contributed by atoms with Gasteiger partial charge < -0.3 is 0 Å². The fourth-order valence-electron chi connectivity index (χ4n) is 1.23. The van der Waals surface area contributed by atoms with Gasteiger partial charge in [-0.1, -0.05) is 11.6 Å². The quantitative estimate of drug-likeness (QED) is 0.715. The number of hydrogen-bond acceptors (Lipinski definition) is 1. The molecule has 1 nitrogen and oxygen atoms in total. The highest BCUT2D eigenvalue weighted by atomic mass is 127. The van der Waals surface area contributed by atoms with E-state index in [1.54, 1.807) is 18.3 Å². The summed E-state index contributed by atoms with van der Waals surface area (Å²) in [6, 6.07) is 8.07. The molecule has 0 saturated carbocycles. The molecule has 0 aliphatic heterocycles. The van der Waals surface area contributed by atoms with Gasteiger partial charge in [-0.05, 0) is 52.9 Å². The lowest BCUT2D eigenvalue weighted by atomic mass is 10.1. The van der Waals surface area contributed by atoms with Crippen molar-refractivity contribution >= 4 is 34.2 Å². The second-order valence-electron chi connectivity index (χ2n) is 2.99. The van der Waals surface area contributed by atoms with E-state index in [0.29, 0.717) is 5.02 Å². The van der Waals surface area contributed by atoms with Crippen LogP contribution in [0.1, 0.15) is 0 Å². The molecule has 1 heterocycles. The molecule has 0 amide bonds. The third-order valence-electron chi connectivity index (χ3n) is 1.93. The van der Waals surface area contributed by atoms with Crippen molar-refractivity contribution in [3.05, 3.63) is 50.9 Å². The zero-order valence-corrected chi connectivity index (χ0v) is 10.5. The van der Waals surface area contributed by atoms with Crippen LogP contribution in [0.2, 0.25) is 5.02 Å². The van der Waals surface area contributed by atoms with Crippen molar-refractivity contribution in [3.63, 3.8) is 0 Å². The molecule has 4 heteroatoms. The van der Waals surface area contributed by atoms with Gasteiger partial charge in [0.25, 0.3) is 0 Å². The van der Waals surface area contributed by atoms with Crippen LogP contribution < -0.4 is 0 Å². The van der Waals surface area contributed by atoms with Crippen LogP contribution >= 0.6 is 34.2 Å². The van der Waals surface area contributed by atoms with Crippen LogP contribution in [0.3, 0.4) is 0 Å². The molecule has 0 fully saturated rings. The van der Waals surface area contributed by atoms with Gasteiger partial charge in [0.1, 0.15) is 5.82 Å². The fourth-order valence-corrected chi connectivity index (χ4v) is 2.36. The molecular formula is C11H6ClFIN. The molecule has 0 aliphatic carbocycles. The van der Waals surface area contributed by atoms with Crippen molar-refractivity contribution in [2.24, 2.45) is 0 Å². The lowest BCUT2D eigenvalue weighted by Gasteiger charge is -2.03. The zero-order chi connectivity index (χ0) is 10.8. The van der Waals surface area contributed by atoms with E-state index in [2.05, 4.69) is 27.6 Å². The summed E-state index contributed by atoms with van der Waals surface area (Å²) in [7, 11) is 0. The number of halogens is 3. The molecule has 0 bridgehead atoms. The third kappa shape index (κ3) is 2.46. The van der Waals surface area contributed by atoms with Crippen LogP contribution in [0.15, 0.2) is 36.5 Å². The van der Waals surface area contributed by atoms with Crippen molar-refractivity contribution in [1.82, 2.24) is 4.98 Å². The molecule has 1 aromatic heterocycles. The van der Waals surface area contributed by atoms with E-state index in [0.717, 1.165) is 14.8 Å². The second-order valence-corrected chi connectivity index (χ2v) is 4.59. The summed E-state index contributed by atoms with van der Waals surface area (Å²) in [4.78, 5) is 4.22. The number of benzene rings is 1. The van der Waals surface area contributed by atoms with E-state index in [4.69, 9.17) is 11.6 Å². The largest absolute Gasteiger partial charge is 0.254 e. The van der Waals surface area contributed by atoms with Gasteiger partial charge in [-0.3, -0.25) is 4.98 Å². The van der Waals surface area contributed by atoms with Gasteiger partial charge in [0.15, 0.2) is 0 Å². The van der Waals surface area contributed by atoms with Gasteiger partial charge in [-0.25, -0.2) is 4.39 Å². The molecule has 1 aromatic carbocycles. The molecule has 0 aliphatic rings. The van der Waals surface area contributed by atoms with Crippen LogP contribution in [0.5, 0.6) is 0 Å². The monoisotopic (exact) mass is 333 g/mol. The second kappa shape index (κ2) is 4.45. The Hall–Kier alpha value is -0.680. The van der Waals surface area contributed by atoms with Crippen LogP contribution in [-0.2, 0) is 0 Å². The number of rotatable bonds is 1. The third-order valence-corrected chi connectivity index (χ3v) is 2.95. The maximum Gasteiger partial charge on any atom is 0.123 e. The Morgan fingerprint density at radius 1 is 1.20 bits per heavy atom. The molecule has 2 aromatic rings. The molecule has 15 heavy (non-hydrogen) atoms. The highest BCUT2D eigenvalue weighted by Gasteiger charge is 2.05. The molecule has 0 radical (unpaired) electrons. The van der Waals surface area contributed by atoms with Crippen molar-refractivity contribution < 1.29 is 4.39 Å². The fraction of sp³-hybridized carbons (Fsp3) is 0. The minimum absolute atomic E-state index is 0.247. The smallest absolute Gasteiger partial charge is 0.123 e. The van der Waals surface area contributed by atoms with E-state index in [1.165, 1.54) is 12.1 Å². The van der Waals surface area contributed by atoms with Gasteiger partial charge in [0, 0.05) is 15.3 Å². The average molecular weight is 334 g/mol. The van der Waals surface area contributed by atoms with Gasteiger partial charge >= 0.3 is 0 Å². The number of aromatic nitrogens is 1. The minimum atomic E-state index is -0.247. The Balaban J connectivity index is 2.49. The first kappa shape index (κ1) is 10.8. The Kier molecular flexibility index (Phi) is 3.21. The van der Waals surface area contributed by atoms with E-state index >= 15 is 0 Å². The summed E-state index contributed by atoms with van der Waals surface area (Å²) < 4.78 is 13.7. The Bertz CT molecular complexity index is 484. The van der Waals surface area contributed by atoms with Crippen molar-refractivity contribution in [2.75, 3.05) is 0 Å². The van der Waals surface area contributed by atoms with E-state index in [1.807, 2.05) is 6.07 Å². The summed E-state index contributed by atoms with van der Waals surface area (Å²) in [6.07, 6.45) is 1.59. The zero-order valence-electron chi connectivity index (χ0n) is 7.55. The van der Waals surface area contributed by atoms with Crippen LogP contribution in [-0.4, -0.2) is 4.98 Å². The summed E-state index contributed by atoms with van der Waals surface area (Å²) >= 11 is 7.96. The minimum Gasteiger partial charge on any atom is -0.254 e. The molecule has 0 spiro atoms. The van der Waals surface area contributed by atoms with E-state index in [9.17, 15) is 4.39 Å². The highest BCUT2D eigenvalue weighted by Crippen LogP contribution is 2.25. The molecule has 0 unspecified atom stereocenters. The molecule has 0 saturated heterocycles. The predicted molar refractivity (Wildman–Crippen MR) is 67.4 cm³/mol. The van der Waals surface area contributed by atoms with Gasteiger partial charge in [-0.15, -0.1) is 0 Å². The van der Waals surface area contributed by atoms with Crippen LogP contribution in [0.4, 0.5) is 4.39 Å². The van der Waals surface area contributed by atoms with E-state index in [-0.39, 0.29) is 5.82 Å². The molecule has 0 atom stereocenters. The standard InChI is InChI=1S/C11H6ClFIN/c12-8-5-10(14)11(15-6-8)7-1-3-9(13)4-2-7/h1-6H.